The number of halogens is 1. The number of aromatic hydroxyl groups is 1. The Morgan fingerprint density at radius 2 is 2.12 bits per heavy atom. The first-order valence-corrected chi connectivity index (χ1v) is 8.19. The Morgan fingerprint density at radius 1 is 1.42 bits per heavy atom. The molecule has 0 aromatic heterocycles. The molecule has 26 heavy (non-hydrogen) atoms. The van der Waals surface area contributed by atoms with Crippen LogP contribution in [0.5, 0.6) is 11.5 Å². The average molecular weight is 395 g/mol. The van der Waals surface area contributed by atoms with Crippen molar-refractivity contribution >= 4 is 46.5 Å². The minimum Gasteiger partial charge on any atom is -0.502 e. The Labute approximate surface area is 159 Å². The van der Waals surface area contributed by atoms with E-state index in [1.54, 1.807) is 24.3 Å². The van der Waals surface area contributed by atoms with Crippen molar-refractivity contribution in [2.24, 2.45) is 5.10 Å². The first-order chi connectivity index (χ1) is 12.4. The quantitative estimate of drug-likeness (QED) is 0.297. The van der Waals surface area contributed by atoms with Gasteiger partial charge in [-0.25, -0.2) is 0 Å². The summed E-state index contributed by atoms with van der Waals surface area (Å²) in [7, 11) is 0. The van der Waals surface area contributed by atoms with Gasteiger partial charge in [0.25, 0.3) is 0 Å². The van der Waals surface area contributed by atoms with E-state index in [4.69, 9.17) is 28.6 Å². The number of nitrogens with one attached hydrogen (secondary N) is 2. The van der Waals surface area contributed by atoms with Crippen LogP contribution >= 0.6 is 23.8 Å². The van der Waals surface area contributed by atoms with Crippen molar-refractivity contribution in [3.8, 4) is 11.5 Å². The van der Waals surface area contributed by atoms with Crippen molar-refractivity contribution in [3.05, 3.63) is 57.1 Å². The Morgan fingerprint density at radius 3 is 2.73 bits per heavy atom. The molecule has 0 saturated carbocycles. The molecule has 0 aliphatic carbocycles. The van der Waals surface area contributed by atoms with Crippen molar-refractivity contribution in [2.75, 3.05) is 11.9 Å². The van der Waals surface area contributed by atoms with Gasteiger partial charge < -0.3 is 15.2 Å². The fourth-order valence-electron chi connectivity index (χ4n) is 1.96. The number of thiocarbonyl (C=S) groups is 1. The number of nitro benzene ring substituents is 1. The number of ether oxygens (including phenoxy) is 1. The van der Waals surface area contributed by atoms with E-state index >= 15 is 0 Å². The second kappa shape index (κ2) is 8.97. The number of phenols is 1. The maximum Gasteiger partial charge on any atom is 0.312 e. The lowest BCUT2D eigenvalue weighted by Gasteiger charge is -2.08. The summed E-state index contributed by atoms with van der Waals surface area (Å²) in [6.45, 7) is 2.48. The Balaban J connectivity index is 1.99. The van der Waals surface area contributed by atoms with E-state index in [0.29, 0.717) is 6.61 Å². The van der Waals surface area contributed by atoms with Crippen LogP contribution in [0.1, 0.15) is 12.5 Å². The largest absolute Gasteiger partial charge is 0.502 e. The third-order valence-electron chi connectivity index (χ3n) is 3.07. The first kappa shape index (κ1) is 19.4. The molecule has 0 unspecified atom stereocenters. The number of hydrogen-bond acceptors (Lipinski definition) is 6. The number of hydrazone groups is 1. The zero-order valence-electron chi connectivity index (χ0n) is 13.6. The van der Waals surface area contributed by atoms with Crippen LogP contribution in [0.3, 0.4) is 0 Å². The van der Waals surface area contributed by atoms with Gasteiger partial charge >= 0.3 is 5.69 Å². The number of nitro groups is 1. The van der Waals surface area contributed by atoms with Crippen LogP contribution in [0.15, 0.2) is 41.5 Å². The maximum atomic E-state index is 10.9. The van der Waals surface area contributed by atoms with Gasteiger partial charge in [0.15, 0.2) is 5.11 Å². The third-order valence-corrected chi connectivity index (χ3v) is 3.49. The van der Waals surface area contributed by atoms with Crippen LogP contribution in [0, 0.1) is 10.1 Å². The van der Waals surface area contributed by atoms with Gasteiger partial charge in [-0.2, -0.15) is 5.10 Å². The van der Waals surface area contributed by atoms with Crippen molar-refractivity contribution in [1.29, 1.82) is 0 Å². The molecule has 136 valence electrons. The van der Waals surface area contributed by atoms with Gasteiger partial charge in [0, 0.05) is 22.3 Å². The molecule has 0 bridgehead atoms. The summed E-state index contributed by atoms with van der Waals surface area (Å²) in [5, 5.41) is 27.8. The minimum atomic E-state index is -0.732. The topological polar surface area (TPSA) is 109 Å². The van der Waals surface area contributed by atoms with Gasteiger partial charge in [-0.05, 0) is 49.5 Å². The molecule has 0 spiro atoms. The molecule has 0 radical (unpaired) electrons. The average Bonchev–Trinajstić information content (AvgIpc) is 2.59. The summed E-state index contributed by atoms with van der Waals surface area (Å²) >= 11 is 10.9. The second-order valence-electron chi connectivity index (χ2n) is 4.90. The highest BCUT2D eigenvalue weighted by Crippen LogP contribution is 2.32. The highest BCUT2D eigenvalue weighted by atomic mass is 35.5. The van der Waals surface area contributed by atoms with E-state index in [1.807, 2.05) is 6.92 Å². The fourth-order valence-corrected chi connectivity index (χ4v) is 2.36. The fraction of sp³-hybridized carbons (Fsp3) is 0.125. The summed E-state index contributed by atoms with van der Waals surface area (Å²) in [6.07, 6.45) is 1.18. The standard InChI is InChI=1S/C16H15ClN4O4S/c1-2-25-13-5-3-12(4-6-13)19-16(26)20-18-9-10-7-11(17)8-14(15(10)22)21(23)24/h3-9,22H,2H2,1H3,(H2,19,20,26)/b18-9-. The summed E-state index contributed by atoms with van der Waals surface area (Å²) in [5.74, 6) is 0.211. The summed E-state index contributed by atoms with van der Waals surface area (Å²) < 4.78 is 5.34. The van der Waals surface area contributed by atoms with Gasteiger partial charge in [0.2, 0.25) is 5.75 Å². The van der Waals surface area contributed by atoms with Crippen LogP contribution in [0.2, 0.25) is 5.02 Å². The summed E-state index contributed by atoms with van der Waals surface area (Å²) in [4.78, 5) is 10.1. The SMILES string of the molecule is CCOc1ccc(NC(=S)N/N=C\c2cc(Cl)cc([N+](=O)[O-])c2O)cc1. The summed E-state index contributed by atoms with van der Waals surface area (Å²) in [5.41, 5.74) is 2.85. The molecule has 0 amide bonds. The minimum absolute atomic E-state index is 0.0839. The summed E-state index contributed by atoms with van der Waals surface area (Å²) in [6, 6.07) is 9.56. The predicted octanol–water partition coefficient (Wildman–Crippen LogP) is 3.67. The zero-order chi connectivity index (χ0) is 19.1. The highest BCUT2D eigenvalue weighted by Gasteiger charge is 2.17. The lowest BCUT2D eigenvalue weighted by molar-refractivity contribution is -0.385. The van der Waals surface area contributed by atoms with Crippen molar-refractivity contribution in [2.45, 2.75) is 6.92 Å². The zero-order valence-corrected chi connectivity index (χ0v) is 15.2. The lowest BCUT2D eigenvalue weighted by atomic mass is 10.2. The normalized spacial score (nSPS) is 10.5. The lowest BCUT2D eigenvalue weighted by Crippen LogP contribution is -2.23. The number of phenolic OH excluding ortho intramolecular Hbond substituents is 1. The maximum absolute atomic E-state index is 10.9. The number of benzene rings is 2. The van der Waals surface area contributed by atoms with Crippen molar-refractivity contribution in [3.63, 3.8) is 0 Å². The molecule has 0 aliphatic heterocycles. The molecule has 0 fully saturated rings. The second-order valence-corrected chi connectivity index (χ2v) is 5.75. The highest BCUT2D eigenvalue weighted by molar-refractivity contribution is 7.80. The Hall–Kier alpha value is -2.91. The van der Waals surface area contributed by atoms with Crippen molar-refractivity contribution < 1.29 is 14.8 Å². The Bertz CT molecular complexity index is 843. The third kappa shape index (κ3) is 5.30. The molecule has 2 aromatic carbocycles. The predicted molar refractivity (Wildman–Crippen MR) is 104 cm³/mol. The van der Waals surface area contributed by atoms with Crippen LogP contribution in [-0.4, -0.2) is 28.0 Å². The number of hydrogen-bond donors (Lipinski definition) is 3. The number of nitrogens with zero attached hydrogens (tertiary/aromatic N) is 2. The molecular weight excluding hydrogens is 380 g/mol. The molecule has 0 saturated heterocycles. The van der Waals surface area contributed by atoms with E-state index in [-0.39, 0.29) is 15.7 Å². The van der Waals surface area contributed by atoms with E-state index in [2.05, 4.69) is 15.8 Å². The molecule has 0 atom stereocenters. The van der Waals surface area contributed by atoms with Crippen LogP contribution in [0.25, 0.3) is 0 Å². The van der Waals surface area contributed by atoms with E-state index in [9.17, 15) is 15.2 Å². The van der Waals surface area contributed by atoms with Crippen molar-refractivity contribution in [1.82, 2.24) is 5.43 Å². The van der Waals surface area contributed by atoms with Gasteiger partial charge in [0.1, 0.15) is 5.75 Å². The van der Waals surface area contributed by atoms with E-state index in [0.717, 1.165) is 17.5 Å². The molecule has 2 rings (SSSR count). The van der Waals surface area contributed by atoms with Gasteiger partial charge in [-0.3, -0.25) is 15.5 Å². The van der Waals surface area contributed by atoms with E-state index < -0.39 is 16.4 Å². The van der Waals surface area contributed by atoms with E-state index in [1.165, 1.54) is 12.3 Å². The number of anilines is 1. The van der Waals surface area contributed by atoms with Gasteiger partial charge in [-0.15, -0.1) is 0 Å². The molecule has 10 heteroatoms. The smallest absolute Gasteiger partial charge is 0.312 e. The molecular formula is C16H15ClN4O4S. The monoisotopic (exact) mass is 394 g/mol. The Kier molecular flexibility index (Phi) is 6.70. The van der Waals surface area contributed by atoms with Crippen LogP contribution in [-0.2, 0) is 0 Å². The molecule has 3 N–H and O–H groups in total. The van der Waals surface area contributed by atoms with Gasteiger partial charge in [-0.1, -0.05) is 11.6 Å². The number of rotatable bonds is 6. The first-order valence-electron chi connectivity index (χ1n) is 7.40. The molecule has 0 heterocycles. The molecule has 2 aromatic rings. The van der Waals surface area contributed by atoms with Crippen LogP contribution < -0.4 is 15.5 Å². The molecule has 8 nitrogen and oxygen atoms in total. The molecule has 0 aliphatic rings. The van der Waals surface area contributed by atoms with Gasteiger partial charge in [0.05, 0.1) is 17.7 Å². The van der Waals surface area contributed by atoms with Crippen LogP contribution in [0.4, 0.5) is 11.4 Å².